The van der Waals surface area contributed by atoms with Gasteiger partial charge in [-0.15, -0.1) is 0 Å². The van der Waals surface area contributed by atoms with E-state index in [1.54, 1.807) is 4.90 Å². The number of anilines is 1. The molecule has 5 nitrogen and oxygen atoms in total. The summed E-state index contributed by atoms with van der Waals surface area (Å²) in [4.78, 5) is 14.0. The Hall–Kier alpha value is -1.40. The quantitative estimate of drug-likeness (QED) is 0.907. The van der Waals surface area contributed by atoms with Crippen LogP contribution in [0.1, 0.15) is 24.9 Å². The van der Waals surface area contributed by atoms with Crippen LogP contribution in [0, 0.1) is 0 Å². The predicted molar refractivity (Wildman–Crippen MR) is 79.5 cm³/mol. The van der Waals surface area contributed by atoms with Crippen LogP contribution < -0.4 is 10.2 Å². The zero-order valence-corrected chi connectivity index (χ0v) is 12.8. The largest absolute Gasteiger partial charge is 0.313 e. The van der Waals surface area contributed by atoms with Gasteiger partial charge in [-0.2, -0.15) is 0 Å². The molecular formula is C14H20N2O3S. The standard InChI is InChI=1S/C14H20N2O3S/c1-10(20(3,18)19)14(17)16-9-8-12(15-2)11-6-4-5-7-13(11)16/h4-7,10,12,15H,8-9H2,1-3H3. The molecule has 2 rings (SSSR count). The molecule has 20 heavy (non-hydrogen) atoms. The van der Waals surface area contributed by atoms with E-state index < -0.39 is 15.1 Å². The summed E-state index contributed by atoms with van der Waals surface area (Å²) in [6, 6.07) is 7.83. The molecule has 1 heterocycles. The summed E-state index contributed by atoms with van der Waals surface area (Å²) >= 11 is 0. The van der Waals surface area contributed by atoms with Gasteiger partial charge in [0.25, 0.3) is 0 Å². The molecule has 0 aromatic heterocycles. The average molecular weight is 296 g/mol. The number of carbonyl (C=O) groups is 1. The van der Waals surface area contributed by atoms with Crippen LogP contribution in [-0.2, 0) is 14.6 Å². The van der Waals surface area contributed by atoms with Gasteiger partial charge in [-0.1, -0.05) is 18.2 Å². The first-order valence-corrected chi connectivity index (χ1v) is 8.58. The minimum Gasteiger partial charge on any atom is -0.313 e. The van der Waals surface area contributed by atoms with Gasteiger partial charge in [0.05, 0.1) is 0 Å². The third-order valence-corrected chi connectivity index (χ3v) is 5.33. The number of hydrogen-bond acceptors (Lipinski definition) is 4. The number of hydrogen-bond donors (Lipinski definition) is 1. The molecule has 0 saturated heterocycles. The Morgan fingerprint density at radius 2 is 2.05 bits per heavy atom. The molecular weight excluding hydrogens is 276 g/mol. The molecule has 2 atom stereocenters. The molecule has 1 aromatic carbocycles. The van der Waals surface area contributed by atoms with Crippen molar-refractivity contribution >= 4 is 21.4 Å². The molecule has 1 aliphatic heterocycles. The second-order valence-electron chi connectivity index (χ2n) is 5.15. The monoisotopic (exact) mass is 296 g/mol. The van der Waals surface area contributed by atoms with Gasteiger partial charge < -0.3 is 10.2 Å². The summed E-state index contributed by atoms with van der Waals surface area (Å²) in [6.45, 7) is 1.98. The fourth-order valence-electron chi connectivity index (χ4n) is 2.49. The maximum atomic E-state index is 12.4. The maximum Gasteiger partial charge on any atom is 0.245 e. The number of benzene rings is 1. The van der Waals surface area contributed by atoms with Gasteiger partial charge in [-0.25, -0.2) is 8.42 Å². The van der Waals surface area contributed by atoms with Crippen LogP contribution in [-0.4, -0.2) is 39.4 Å². The van der Waals surface area contributed by atoms with E-state index in [1.807, 2.05) is 31.3 Å². The van der Waals surface area contributed by atoms with Gasteiger partial charge >= 0.3 is 0 Å². The summed E-state index contributed by atoms with van der Waals surface area (Å²) in [5.74, 6) is -0.352. The lowest BCUT2D eigenvalue weighted by Gasteiger charge is -2.35. The number of fused-ring (bicyclic) bond motifs is 1. The number of carbonyl (C=O) groups excluding carboxylic acids is 1. The molecule has 1 aliphatic rings. The van der Waals surface area contributed by atoms with Gasteiger partial charge in [0, 0.05) is 24.5 Å². The van der Waals surface area contributed by atoms with Crippen LogP contribution in [0.4, 0.5) is 5.69 Å². The van der Waals surface area contributed by atoms with E-state index in [2.05, 4.69) is 5.32 Å². The zero-order chi connectivity index (χ0) is 14.9. The normalized spacial score (nSPS) is 20.4. The number of rotatable bonds is 3. The predicted octanol–water partition coefficient (Wildman–Crippen LogP) is 1.12. The minimum absolute atomic E-state index is 0.198. The first-order valence-electron chi connectivity index (χ1n) is 6.62. The Labute approximate surface area is 119 Å². The van der Waals surface area contributed by atoms with Crippen molar-refractivity contribution in [3.05, 3.63) is 29.8 Å². The molecule has 0 aliphatic carbocycles. The van der Waals surface area contributed by atoms with E-state index in [9.17, 15) is 13.2 Å². The lowest BCUT2D eigenvalue weighted by molar-refractivity contribution is -0.118. The van der Waals surface area contributed by atoms with E-state index in [1.165, 1.54) is 6.92 Å². The Kier molecular flexibility index (Phi) is 4.15. The van der Waals surface area contributed by atoms with Crippen LogP contribution in [0.3, 0.4) is 0 Å². The van der Waals surface area contributed by atoms with E-state index in [-0.39, 0.29) is 11.9 Å². The highest BCUT2D eigenvalue weighted by Crippen LogP contribution is 2.34. The van der Waals surface area contributed by atoms with E-state index in [0.29, 0.717) is 6.54 Å². The Bertz CT molecular complexity index is 613. The summed E-state index contributed by atoms with van der Waals surface area (Å²) in [5, 5.41) is 2.21. The molecule has 0 saturated carbocycles. The average Bonchev–Trinajstić information content (AvgIpc) is 2.43. The van der Waals surface area contributed by atoms with Gasteiger partial charge in [0.2, 0.25) is 5.91 Å². The lowest BCUT2D eigenvalue weighted by Crippen LogP contribution is -2.45. The Balaban J connectivity index is 2.38. The molecule has 0 fully saturated rings. The van der Waals surface area contributed by atoms with E-state index in [4.69, 9.17) is 0 Å². The van der Waals surface area contributed by atoms with Crippen molar-refractivity contribution < 1.29 is 13.2 Å². The highest BCUT2D eigenvalue weighted by atomic mass is 32.2. The van der Waals surface area contributed by atoms with Crippen LogP contribution in [0.2, 0.25) is 0 Å². The number of nitrogens with zero attached hydrogens (tertiary/aromatic N) is 1. The fraction of sp³-hybridized carbons (Fsp3) is 0.500. The van der Waals surface area contributed by atoms with Crippen molar-refractivity contribution in [3.63, 3.8) is 0 Å². The first-order chi connectivity index (χ1) is 9.36. The van der Waals surface area contributed by atoms with Gasteiger partial charge in [0.1, 0.15) is 5.25 Å². The third-order valence-electron chi connectivity index (χ3n) is 3.85. The van der Waals surface area contributed by atoms with Crippen LogP contribution >= 0.6 is 0 Å². The van der Waals surface area contributed by atoms with Gasteiger partial charge in [-0.3, -0.25) is 4.79 Å². The zero-order valence-electron chi connectivity index (χ0n) is 12.0. The summed E-state index contributed by atoms with van der Waals surface area (Å²) in [5.41, 5.74) is 1.84. The number of amides is 1. The van der Waals surface area contributed by atoms with Crippen molar-refractivity contribution in [1.29, 1.82) is 0 Å². The SMILES string of the molecule is CNC1CCN(C(=O)C(C)S(C)(=O)=O)c2ccccc21. The molecule has 110 valence electrons. The van der Waals surface area contributed by atoms with E-state index in [0.717, 1.165) is 23.9 Å². The van der Waals surface area contributed by atoms with Crippen LogP contribution in [0.25, 0.3) is 0 Å². The van der Waals surface area contributed by atoms with Crippen LogP contribution in [0.15, 0.2) is 24.3 Å². The Morgan fingerprint density at radius 3 is 2.65 bits per heavy atom. The molecule has 0 bridgehead atoms. The van der Waals surface area contributed by atoms with Gasteiger partial charge in [-0.05, 0) is 32.0 Å². The number of sulfone groups is 1. The highest BCUT2D eigenvalue weighted by molar-refractivity contribution is 7.92. The Morgan fingerprint density at radius 1 is 1.40 bits per heavy atom. The molecule has 0 radical (unpaired) electrons. The third kappa shape index (κ3) is 2.71. The van der Waals surface area contributed by atoms with Crippen molar-refractivity contribution in [2.75, 3.05) is 24.7 Å². The number of nitrogens with one attached hydrogen (secondary N) is 1. The maximum absolute atomic E-state index is 12.4. The summed E-state index contributed by atoms with van der Waals surface area (Å²) in [7, 11) is -1.49. The smallest absolute Gasteiger partial charge is 0.245 e. The van der Waals surface area contributed by atoms with E-state index >= 15 is 0 Å². The molecule has 2 unspecified atom stereocenters. The van der Waals surface area contributed by atoms with Crippen LogP contribution in [0.5, 0.6) is 0 Å². The number of para-hydroxylation sites is 1. The molecule has 1 amide bonds. The molecule has 6 heteroatoms. The van der Waals surface area contributed by atoms with Crippen molar-refractivity contribution in [2.24, 2.45) is 0 Å². The second-order valence-corrected chi connectivity index (χ2v) is 7.52. The fourth-order valence-corrected chi connectivity index (χ4v) is 2.99. The first kappa shape index (κ1) is 15.0. The second kappa shape index (κ2) is 5.54. The summed E-state index contributed by atoms with van der Waals surface area (Å²) < 4.78 is 23.2. The summed E-state index contributed by atoms with van der Waals surface area (Å²) in [6.07, 6.45) is 1.87. The highest BCUT2D eigenvalue weighted by Gasteiger charge is 2.33. The molecule has 1 aromatic rings. The van der Waals surface area contributed by atoms with Crippen molar-refractivity contribution in [3.8, 4) is 0 Å². The van der Waals surface area contributed by atoms with Crippen molar-refractivity contribution in [1.82, 2.24) is 5.32 Å². The lowest BCUT2D eigenvalue weighted by atomic mass is 9.96. The topological polar surface area (TPSA) is 66.5 Å². The minimum atomic E-state index is -3.38. The molecule has 0 spiro atoms. The molecule has 1 N–H and O–H groups in total. The van der Waals surface area contributed by atoms with Gasteiger partial charge in [0.15, 0.2) is 9.84 Å². The van der Waals surface area contributed by atoms with Crippen molar-refractivity contribution in [2.45, 2.75) is 24.6 Å².